The third-order valence-corrected chi connectivity index (χ3v) is 4.71. The van der Waals surface area contributed by atoms with E-state index in [0.717, 1.165) is 13.0 Å². The van der Waals surface area contributed by atoms with Crippen LogP contribution in [0, 0.1) is 0 Å². The smallest absolute Gasteiger partial charge is 0.0933 e. The predicted molar refractivity (Wildman–Crippen MR) is 103 cm³/mol. The fraction of sp³-hybridized carbons (Fsp3) is 0.632. The number of nitrogens with two attached hydrogens (primary N) is 1. The second-order valence-corrected chi connectivity index (χ2v) is 6.62. The van der Waals surface area contributed by atoms with Gasteiger partial charge in [-0.15, -0.1) is 11.6 Å². The van der Waals surface area contributed by atoms with E-state index in [4.69, 9.17) is 17.3 Å². The molecule has 130 valence electrons. The fourth-order valence-corrected chi connectivity index (χ4v) is 2.81. The number of nitrogens with zero attached hydrogens (tertiary/aromatic N) is 2. The summed E-state index contributed by atoms with van der Waals surface area (Å²) in [5.74, 6) is 0.559. The molecule has 1 unspecified atom stereocenters. The number of hydrogen-bond acceptors (Lipinski definition) is 3. The molecule has 0 aromatic carbocycles. The average molecular weight is 338 g/mol. The molecule has 0 radical (unpaired) electrons. The van der Waals surface area contributed by atoms with Crippen LogP contribution in [0.4, 0.5) is 0 Å². The number of rotatable bonds is 9. The van der Waals surface area contributed by atoms with Gasteiger partial charge in [-0.05, 0) is 57.0 Å². The second kappa shape index (κ2) is 10.8. The average Bonchev–Trinajstić information content (AvgIpc) is 2.67. The van der Waals surface area contributed by atoms with Crippen molar-refractivity contribution in [1.82, 2.24) is 4.90 Å². The number of unbranched alkanes of at least 4 members (excludes halogenated alkanes) is 2. The molecule has 1 aliphatic rings. The minimum Gasteiger partial charge on any atom is -0.311 e. The topological polar surface area (TPSA) is 41.6 Å². The highest BCUT2D eigenvalue weighted by atomic mass is 35.5. The summed E-state index contributed by atoms with van der Waals surface area (Å²) >= 11 is 6.01. The Balaban J connectivity index is 2.58. The maximum Gasteiger partial charge on any atom is 0.0933 e. The van der Waals surface area contributed by atoms with Crippen LogP contribution in [-0.4, -0.2) is 43.3 Å². The molecule has 0 saturated carbocycles. The standard InChI is InChI=1S/C19H32ClN3/c1-5-6-7-10-23(4)19(21)14-22-13-17-9-8-15(2)18(12-20)11-16(17)3/h8,11,14,19H,5-7,9-10,12-13,21H2,1-4H3. The Morgan fingerprint density at radius 2 is 2.13 bits per heavy atom. The third-order valence-electron chi connectivity index (χ3n) is 4.42. The van der Waals surface area contributed by atoms with Gasteiger partial charge in [0.1, 0.15) is 0 Å². The molecule has 0 spiro atoms. The largest absolute Gasteiger partial charge is 0.311 e. The van der Waals surface area contributed by atoms with Crippen LogP contribution >= 0.6 is 11.6 Å². The van der Waals surface area contributed by atoms with E-state index in [2.05, 4.69) is 49.9 Å². The van der Waals surface area contributed by atoms with Crippen LogP contribution in [0.5, 0.6) is 0 Å². The van der Waals surface area contributed by atoms with E-state index < -0.39 is 0 Å². The number of aliphatic imine (C=N–C) groups is 1. The predicted octanol–water partition coefficient (Wildman–Crippen LogP) is 4.30. The molecule has 0 bridgehead atoms. The van der Waals surface area contributed by atoms with Crippen LogP contribution < -0.4 is 5.73 Å². The van der Waals surface area contributed by atoms with Crippen LogP contribution in [-0.2, 0) is 0 Å². The van der Waals surface area contributed by atoms with E-state index in [0.29, 0.717) is 12.4 Å². The summed E-state index contributed by atoms with van der Waals surface area (Å²) in [5.41, 5.74) is 11.2. The van der Waals surface area contributed by atoms with Gasteiger partial charge in [-0.25, -0.2) is 0 Å². The zero-order valence-electron chi connectivity index (χ0n) is 15.1. The summed E-state index contributed by atoms with van der Waals surface area (Å²) in [7, 11) is 2.06. The first kappa shape index (κ1) is 20.1. The molecule has 1 rings (SSSR count). The SMILES string of the molecule is CCCCCN(C)C(N)C=NCC1=C(C)C=C(CCl)C(C)=CC1. The highest BCUT2D eigenvalue weighted by Crippen LogP contribution is 2.23. The van der Waals surface area contributed by atoms with Gasteiger partial charge >= 0.3 is 0 Å². The molecule has 0 aromatic heterocycles. The normalized spacial score (nSPS) is 17.5. The zero-order valence-corrected chi connectivity index (χ0v) is 15.9. The van der Waals surface area contributed by atoms with Crippen LogP contribution in [0.25, 0.3) is 0 Å². The molecule has 0 saturated heterocycles. The van der Waals surface area contributed by atoms with Crippen molar-refractivity contribution >= 4 is 17.8 Å². The van der Waals surface area contributed by atoms with Crippen molar-refractivity contribution in [3.8, 4) is 0 Å². The molecule has 23 heavy (non-hydrogen) atoms. The van der Waals surface area contributed by atoms with Gasteiger partial charge in [-0.2, -0.15) is 0 Å². The van der Waals surface area contributed by atoms with Gasteiger partial charge < -0.3 is 5.73 Å². The Hall–Kier alpha value is -0.900. The highest BCUT2D eigenvalue weighted by Gasteiger charge is 2.09. The van der Waals surface area contributed by atoms with Crippen LogP contribution in [0.1, 0.15) is 46.5 Å². The summed E-state index contributed by atoms with van der Waals surface area (Å²) in [6.07, 6.45) is 10.8. The number of allylic oxidation sites excluding steroid dienone is 5. The molecule has 0 aliphatic heterocycles. The molecule has 0 amide bonds. The summed E-state index contributed by atoms with van der Waals surface area (Å²) in [6.45, 7) is 8.20. The highest BCUT2D eigenvalue weighted by molar-refractivity contribution is 6.19. The Morgan fingerprint density at radius 3 is 2.78 bits per heavy atom. The van der Waals surface area contributed by atoms with Crippen molar-refractivity contribution in [2.45, 2.75) is 52.6 Å². The monoisotopic (exact) mass is 337 g/mol. The lowest BCUT2D eigenvalue weighted by Gasteiger charge is -2.20. The molecule has 1 aliphatic carbocycles. The van der Waals surface area contributed by atoms with Crippen molar-refractivity contribution in [2.75, 3.05) is 26.0 Å². The quantitative estimate of drug-likeness (QED) is 0.295. The lowest BCUT2D eigenvalue weighted by atomic mass is 10.1. The summed E-state index contributed by atoms with van der Waals surface area (Å²) < 4.78 is 0. The first-order chi connectivity index (χ1) is 11.0. The van der Waals surface area contributed by atoms with E-state index in [-0.39, 0.29) is 6.17 Å². The lowest BCUT2D eigenvalue weighted by molar-refractivity contribution is 0.298. The zero-order chi connectivity index (χ0) is 17.2. The first-order valence-corrected chi connectivity index (χ1v) is 9.11. The number of alkyl halides is 1. The Morgan fingerprint density at radius 1 is 1.39 bits per heavy atom. The fourth-order valence-electron chi connectivity index (χ4n) is 2.52. The molecular formula is C19H32ClN3. The van der Waals surface area contributed by atoms with Gasteiger partial charge in [0.05, 0.1) is 12.7 Å². The third kappa shape index (κ3) is 7.03. The lowest BCUT2D eigenvalue weighted by Crippen LogP contribution is -2.41. The van der Waals surface area contributed by atoms with Gasteiger partial charge in [0.25, 0.3) is 0 Å². The summed E-state index contributed by atoms with van der Waals surface area (Å²) in [5, 5.41) is 0. The van der Waals surface area contributed by atoms with Crippen molar-refractivity contribution in [1.29, 1.82) is 0 Å². The van der Waals surface area contributed by atoms with Crippen LogP contribution in [0.2, 0.25) is 0 Å². The van der Waals surface area contributed by atoms with E-state index in [1.807, 2.05) is 6.21 Å². The molecule has 4 heteroatoms. The molecule has 0 aromatic rings. The van der Waals surface area contributed by atoms with Crippen molar-refractivity contribution in [2.24, 2.45) is 10.7 Å². The van der Waals surface area contributed by atoms with E-state index in [1.54, 1.807) is 0 Å². The van der Waals surface area contributed by atoms with E-state index in [1.165, 1.54) is 41.6 Å². The van der Waals surface area contributed by atoms with Gasteiger partial charge in [0, 0.05) is 12.1 Å². The summed E-state index contributed by atoms with van der Waals surface area (Å²) in [6, 6.07) is 0. The Kier molecular flexibility index (Phi) is 9.46. The van der Waals surface area contributed by atoms with Gasteiger partial charge in [-0.1, -0.05) is 37.5 Å². The maximum atomic E-state index is 6.17. The van der Waals surface area contributed by atoms with Gasteiger partial charge in [0.15, 0.2) is 0 Å². The number of halogens is 1. The summed E-state index contributed by atoms with van der Waals surface area (Å²) in [4.78, 5) is 6.73. The van der Waals surface area contributed by atoms with Crippen LogP contribution in [0.3, 0.4) is 0 Å². The molecule has 1 atom stereocenters. The minimum absolute atomic E-state index is 0.107. The van der Waals surface area contributed by atoms with Crippen molar-refractivity contribution in [3.05, 3.63) is 34.4 Å². The number of hydrogen-bond donors (Lipinski definition) is 1. The first-order valence-electron chi connectivity index (χ1n) is 8.57. The molecule has 3 nitrogen and oxygen atoms in total. The molecule has 2 N–H and O–H groups in total. The Labute approximate surface area is 147 Å². The molecule has 0 fully saturated rings. The van der Waals surface area contributed by atoms with Crippen LogP contribution in [0.15, 0.2) is 39.4 Å². The maximum absolute atomic E-state index is 6.17. The van der Waals surface area contributed by atoms with Gasteiger partial charge in [0.2, 0.25) is 0 Å². The van der Waals surface area contributed by atoms with E-state index in [9.17, 15) is 0 Å². The molecule has 0 heterocycles. The second-order valence-electron chi connectivity index (χ2n) is 6.35. The minimum atomic E-state index is -0.107. The van der Waals surface area contributed by atoms with Gasteiger partial charge in [-0.3, -0.25) is 9.89 Å². The van der Waals surface area contributed by atoms with Crippen molar-refractivity contribution < 1.29 is 0 Å². The van der Waals surface area contributed by atoms with E-state index >= 15 is 0 Å². The molecular weight excluding hydrogens is 306 g/mol. The Bertz CT molecular complexity index is 489. The van der Waals surface area contributed by atoms with Crippen molar-refractivity contribution in [3.63, 3.8) is 0 Å².